The fourth-order valence-corrected chi connectivity index (χ4v) is 3.78. The second kappa shape index (κ2) is 9.19. The molecule has 154 valence electrons. The molecule has 2 aromatic rings. The highest BCUT2D eigenvalue weighted by Crippen LogP contribution is 2.30. The van der Waals surface area contributed by atoms with Crippen LogP contribution in [0.15, 0.2) is 53.4 Å². The van der Waals surface area contributed by atoms with E-state index in [9.17, 15) is 18.0 Å². The van der Waals surface area contributed by atoms with Crippen molar-refractivity contribution in [1.29, 1.82) is 0 Å². The average molecular weight is 416 g/mol. The van der Waals surface area contributed by atoms with Crippen LogP contribution >= 0.6 is 0 Å². The topological polar surface area (TPSA) is 104 Å². The van der Waals surface area contributed by atoms with Gasteiger partial charge in [0.2, 0.25) is 15.9 Å². The first-order valence-corrected chi connectivity index (χ1v) is 11.1. The molecule has 0 saturated heterocycles. The van der Waals surface area contributed by atoms with E-state index in [-0.39, 0.29) is 35.7 Å². The summed E-state index contributed by atoms with van der Waals surface area (Å²) in [5.74, 6) is -0.179. The Hall–Kier alpha value is -2.71. The van der Waals surface area contributed by atoms with Gasteiger partial charge in [0.25, 0.3) is 5.91 Å². The lowest BCUT2D eigenvalue weighted by atomic mass is 10.2. The van der Waals surface area contributed by atoms with E-state index in [1.54, 1.807) is 48.5 Å². The van der Waals surface area contributed by atoms with E-state index >= 15 is 0 Å². The van der Waals surface area contributed by atoms with Crippen molar-refractivity contribution >= 4 is 27.5 Å². The van der Waals surface area contributed by atoms with Crippen LogP contribution in [0.1, 0.15) is 35.7 Å². The van der Waals surface area contributed by atoms with Crippen LogP contribution in [0.4, 0.5) is 5.69 Å². The third-order valence-corrected chi connectivity index (χ3v) is 6.18. The Kier molecular flexibility index (Phi) is 6.66. The van der Waals surface area contributed by atoms with E-state index < -0.39 is 10.0 Å². The van der Waals surface area contributed by atoms with E-state index in [0.717, 1.165) is 24.8 Å². The number of carbonyl (C=O) groups is 2. The number of hydrogen-bond acceptors (Lipinski definition) is 4. The van der Waals surface area contributed by atoms with E-state index in [0.29, 0.717) is 11.3 Å². The average Bonchev–Trinajstić information content (AvgIpc) is 3.57. The van der Waals surface area contributed by atoms with Crippen LogP contribution in [0.2, 0.25) is 0 Å². The molecule has 0 bridgehead atoms. The third-order valence-electron chi connectivity index (χ3n) is 4.71. The van der Waals surface area contributed by atoms with Gasteiger partial charge in [-0.1, -0.05) is 19.1 Å². The van der Waals surface area contributed by atoms with Crippen molar-refractivity contribution in [3.8, 4) is 0 Å². The molecule has 1 saturated carbocycles. The van der Waals surface area contributed by atoms with Crippen LogP contribution in [0.25, 0.3) is 0 Å². The highest BCUT2D eigenvalue weighted by atomic mass is 32.2. The van der Waals surface area contributed by atoms with Crippen LogP contribution in [-0.2, 0) is 21.2 Å². The minimum absolute atomic E-state index is 0.0128. The molecule has 0 aromatic heterocycles. The van der Waals surface area contributed by atoms with Crippen molar-refractivity contribution in [3.63, 3.8) is 0 Å². The second-order valence-corrected chi connectivity index (χ2v) is 8.76. The second-order valence-electron chi connectivity index (χ2n) is 6.99. The van der Waals surface area contributed by atoms with Gasteiger partial charge < -0.3 is 10.6 Å². The van der Waals surface area contributed by atoms with Crippen molar-refractivity contribution < 1.29 is 18.0 Å². The van der Waals surface area contributed by atoms with Crippen LogP contribution in [-0.4, -0.2) is 33.3 Å². The normalized spacial score (nSPS) is 13.7. The molecule has 0 radical (unpaired) electrons. The minimum atomic E-state index is -3.61. The molecule has 0 heterocycles. The summed E-state index contributed by atoms with van der Waals surface area (Å²) >= 11 is 0. The fourth-order valence-electron chi connectivity index (χ4n) is 2.75. The van der Waals surface area contributed by atoms with E-state index in [2.05, 4.69) is 15.4 Å². The summed E-state index contributed by atoms with van der Waals surface area (Å²) < 4.78 is 27.0. The molecule has 3 rings (SSSR count). The Bertz CT molecular complexity index is 966. The number of sulfonamides is 1. The number of nitrogens with one attached hydrogen (secondary N) is 3. The summed E-state index contributed by atoms with van der Waals surface area (Å²) in [6.07, 6.45) is 2.70. The van der Waals surface area contributed by atoms with E-state index in [1.807, 2.05) is 6.92 Å². The molecule has 0 unspecified atom stereocenters. The largest absolute Gasteiger partial charge is 0.351 e. The molecule has 7 nitrogen and oxygen atoms in total. The Balaban J connectivity index is 1.44. The zero-order valence-electron chi connectivity index (χ0n) is 16.3. The summed E-state index contributed by atoms with van der Waals surface area (Å²) in [4.78, 5) is 24.1. The zero-order chi connectivity index (χ0) is 20.9. The lowest BCUT2D eigenvalue weighted by Gasteiger charge is -2.09. The van der Waals surface area contributed by atoms with Gasteiger partial charge in [0.1, 0.15) is 0 Å². The maximum absolute atomic E-state index is 12.3. The standard InChI is InChI=1S/C21H25N3O4S/c1-2-15-3-11-19(12-4-15)29(27,28)23-14-13-22-20(25)16-7-9-18(10-8-16)24-21(26)17-5-6-17/h3-4,7-12,17,23H,2,5-6,13-14H2,1H3,(H,22,25)(H,24,26). The van der Waals surface area contributed by atoms with Crippen LogP contribution in [0.5, 0.6) is 0 Å². The number of hydrogen-bond donors (Lipinski definition) is 3. The molecular formula is C21H25N3O4S. The number of amides is 2. The first kappa shape index (κ1) is 21.0. The number of carbonyl (C=O) groups excluding carboxylic acids is 2. The van der Waals surface area contributed by atoms with E-state index in [4.69, 9.17) is 0 Å². The molecule has 8 heteroatoms. The summed E-state index contributed by atoms with van der Waals surface area (Å²) in [6, 6.07) is 13.3. The Labute approximate surface area is 171 Å². The van der Waals surface area contributed by atoms with Crippen molar-refractivity contribution in [2.75, 3.05) is 18.4 Å². The molecule has 0 atom stereocenters. The summed E-state index contributed by atoms with van der Waals surface area (Å²) in [7, 11) is -3.61. The molecule has 1 aliphatic carbocycles. The summed E-state index contributed by atoms with van der Waals surface area (Å²) in [6.45, 7) is 2.24. The third kappa shape index (κ3) is 5.88. The fraction of sp³-hybridized carbons (Fsp3) is 0.333. The van der Waals surface area contributed by atoms with Crippen molar-refractivity contribution in [3.05, 3.63) is 59.7 Å². The molecule has 2 amide bonds. The molecule has 29 heavy (non-hydrogen) atoms. The smallest absolute Gasteiger partial charge is 0.251 e. The van der Waals surface area contributed by atoms with Crippen molar-refractivity contribution in [2.45, 2.75) is 31.1 Å². The number of anilines is 1. The molecule has 0 spiro atoms. The maximum atomic E-state index is 12.3. The molecule has 3 N–H and O–H groups in total. The first-order chi connectivity index (χ1) is 13.9. The molecular weight excluding hydrogens is 390 g/mol. The van der Waals surface area contributed by atoms with Crippen LogP contribution in [0, 0.1) is 5.92 Å². The number of benzene rings is 2. The maximum Gasteiger partial charge on any atom is 0.251 e. The molecule has 1 fully saturated rings. The SMILES string of the molecule is CCc1ccc(S(=O)(=O)NCCNC(=O)c2ccc(NC(=O)C3CC3)cc2)cc1. The molecule has 0 aliphatic heterocycles. The summed E-state index contributed by atoms with van der Waals surface area (Å²) in [5, 5.41) is 5.49. The summed E-state index contributed by atoms with van der Waals surface area (Å²) in [5.41, 5.74) is 2.15. The van der Waals surface area contributed by atoms with Gasteiger partial charge in [0, 0.05) is 30.3 Å². The van der Waals surface area contributed by atoms with Crippen LogP contribution in [0.3, 0.4) is 0 Å². The zero-order valence-corrected chi connectivity index (χ0v) is 17.1. The Morgan fingerprint density at radius 2 is 1.62 bits per heavy atom. The van der Waals surface area contributed by atoms with Gasteiger partial charge in [-0.3, -0.25) is 9.59 Å². The van der Waals surface area contributed by atoms with Gasteiger partial charge in [0.05, 0.1) is 4.90 Å². The predicted molar refractivity (Wildman–Crippen MR) is 111 cm³/mol. The van der Waals surface area contributed by atoms with Gasteiger partial charge in [0.15, 0.2) is 0 Å². The van der Waals surface area contributed by atoms with E-state index in [1.165, 1.54) is 0 Å². The molecule has 1 aliphatic rings. The Morgan fingerprint density at radius 1 is 0.966 bits per heavy atom. The lowest BCUT2D eigenvalue weighted by molar-refractivity contribution is -0.117. The number of aryl methyl sites for hydroxylation is 1. The van der Waals surface area contributed by atoms with Gasteiger partial charge in [-0.25, -0.2) is 13.1 Å². The minimum Gasteiger partial charge on any atom is -0.351 e. The molecule has 2 aromatic carbocycles. The highest BCUT2D eigenvalue weighted by Gasteiger charge is 2.29. The number of rotatable bonds is 9. The van der Waals surface area contributed by atoms with Crippen LogP contribution < -0.4 is 15.4 Å². The highest BCUT2D eigenvalue weighted by molar-refractivity contribution is 7.89. The quantitative estimate of drug-likeness (QED) is 0.547. The Morgan fingerprint density at radius 3 is 2.21 bits per heavy atom. The lowest BCUT2D eigenvalue weighted by Crippen LogP contribution is -2.34. The van der Waals surface area contributed by atoms with Crippen molar-refractivity contribution in [2.24, 2.45) is 5.92 Å². The van der Waals surface area contributed by atoms with Gasteiger partial charge in [-0.15, -0.1) is 0 Å². The predicted octanol–water partition coefficient (Wildman–Crippen LogP) is 2.31. The van der Waals surface area contributed by atoms with Gasteiger partial charge in [-0.05, 0) is 61.2 Å². The van der Waals surface area contributed by atoms with Gasteiger partial charge >= 0.3 is 0 Å². The van der Waals surface area contributed by atoms with Gasteiger partial charge in [-0.2, -0.15) is 0 Å². The monoisotopic (exact) mass is 415 g/mol. The first-order valence-electron chi connectivity index (χ1n) is 9.67. The van der Waals surface area contributed by atoms with Crippen molar-refractivity contribution in [1.82, 2.24) is 10.0 Å².